The largest absolute Gasteiger partial charge is 0.380 e. The molecule has 156 valence electrons. The Bertz CT molecular complexity index is 977. The molecule has 1 aliphatic rings. The first-order valence-corrected chi connectivity index (χ1v) is 10.2. The van der Waals surface area contributed by atoms with Gasteiger partial charge in [0.25, 0.3) is 12.1 Å². The van der Waals surface area contributed by atoms with Crippen molar-refractivity contribution in [2.24, 2.45) is 0 Å². The van der Waals surface area contributed by atoms with E-state index in [1.54, 1.807) is 0 Å². The maximum absolute atomic E-state index is 13.0. The molecular weight excluding hydrogens is 408 g/mol. The zero-order chi connectivity index (χ0) is 21.0. The van der Waals surface area contributed by atoms with Gasteiger partial charge in [0.1, 0.15) is 4.90 Å². The molecule has 0 unspecified atom stereocenters. The standard InChI is InChI=1S/C18H19F2N3O5S/c19-18(20)14-3-1-13(2-4-14)12-21-16-6-5-15(23(24)25)11-17(16)29(26,27)22-7-9-28-10-8-22/h1-6,11,18,21H,7-10,12H2. The molecule has 1 N–H and O–H groups in total. The fourth-order valence-corrected chi connectivity index (χ4v) is 4.48. The third kappa shape index (κ3) is 4.86. The molecule has 0 aliphatic carbocycles. The van der Waals surface area contributed by atoms with Gasteiger partial charge >= 0.3 is 0 Å². The van der Waals surface area contributed by atoms with Crippen molar-refractivity contribution in [1.82, 2.24) is 4.31 Å². The first-order chi connectivity index (χ1) is 13.8. The summed E-state index contributed by atoms with van der Waals surface area (Å²) in [5.74, 6) is 0. The fraction of sp³-hybridized carbons (Fsp3) is 0.333. The van der Waals surface area contributed by atoms with Crippen molar-refractivity contribution in [3.8, 4) is 0 Å². The van der Waals surface area contributed by atoms with E-state index in [0.29, 0.717) is 5.56 Å². The van der Waals surface area contributed by atoms with Gasteiger partial charge in [-0.1, -0.05) is 24.3 Å². The number of rotatable bonds is 7. The molecule has 1 heterocycles. The van der Waals surface area contributed by atoms with Crippen LogP contribution in [0.4, 0.5) is 20.2 Å². The SMILES string of the molecule is O=[N+]([O-])c1ccc(NCc2ccc(C(F)F)cc2)c(S(=O)(=O)N2CCOCC2)c1. The van der Waals surface area contributed by atoms with Crippen molar-refractivity contribution in [1.29, 1.82) is 0 Å². The second-order valence-electron chi connectivity index (χ2n) is 6.35. The molecule has 0 spiro atoms. The van der Waals surface area contributed by atoms with E-state index in [4.69, 9.17) is 4.74 Å². The van der Waals surface area contributed by atoms with Crippen LogP contribution in [0.15, 0.2) is 47.4 Å². The highest BCUT2D eigenvalue weighted by Gasteiger charge is 2.30. The van der Waals surface area contributed by atoms with Crippen LogP contribution in [0.3, 0.4) is 0 Å². The number of nitro benzene ring substituents is 1. The van der Waals surface area contributed by atoms with Gasteiger partial charge in [0.15, 0.2) is 0 Å². The molecule has 0 amide bonds. The molecule has 2 aromatic rings. The number of morpholine rings is 1. The molecule has 0 radical (unpaired) electrons. The third-order valence-electron chi connectivity index (χ3n) is 4.48. The summed E-state index contributed by atoms with van der Waals surface area (Å²) >= 11 is 0. The van der Waals surface area contributed by atoms with Gasteiger partial charge in [-0.2, -0.15) is 4.31 Å². The van der Waals surface area contributed by atoms with Crippen molar-refractivity contribution >= 4 is 21.4 Å². The minimum atomic E-state index is -3.98. The number of hydrogen-bond acceptors (Lipinski definition) is 6. The second kappa shape index (κ2) is 8.80. The van der Waals surface area contributed by atoms with Crippen molar-refractivity contribution < 1.29 is 26.9 Å². The van der Waals surface area contributed by atoms with Crippen LogP contribution in [0.1, 0.15) is 17.6 Å². The van der Waals surface area contributed by atoms with E-state index < -0.39 is 21.4 Å². The van der Waals surface area contributed by atoms with Crippen molar-refractivity contribution in [2.45, 2.75) is 17.9 Å². The van der Waals surface area contributed by atoms with Gasteiger partial charge in [0, 0.05) is 37.3 Å². The Morgan fingerprint density at radius 2 is 1.79 bits per heavy atom. The van der Waals surface area contributed by atoms with Crippen LogP contribution in [0.2, 0.25) is 0 Å². The number of alkyl halides is 2. The summed E-state index contributed by atoms with van der Waals surface area (Å²) in [4.78, 5) is 10.3. The number of anilines is 1. The summed E-state index contributed by atoms with van der Waals surface area (Å²) in [7, 11) is -3.98. The summed E-state index contributed by atoms with van der Waals surface area (Å²) in [5, 5.41) is 14.1. The monoisotopic (exact) mass is 427 g/mol. The van der Waals surface area contributed by atoms with E-state index in [-0.39, 0.29) is 54.7 Å². The lowest BCUT2D eigenvalue weighted by molar-refractivity contribution is -0.385. The number of nitro groups is 1. The van der Waals surface area contributed by atoms with Crippen LogP contribution in [-0.2, 0) is 21.3 Å². The molecule has 2 aromatic carbocycles. The summed E-state index contributed by atoms with van der Waals surface area (Å²) < 4.78 is 57.8. The minimum absolute atomic E-state index is 0.111. The first kappa shape index (κ1) is 21.1. The van der Waals surface area contributed by atoms with Gasteiger partial charge < -0.3 is 10.1 Å². The van der Waals surface area contributed by atoms with Gasteiger partial charge in [0.05, 0.1) is 23.8 Å². The van der Waals surface area contributed by atoms with Gasteiger partial charge in [-0.25, -0.2) is 17.2 Å². The molecule has 0 saturated carbocycles. The average molecular weight is 427 g/mol. The van der Waals surface area contributed by atoms with E-state index in [1.807, 2.05) is 0 Å². The van der Waals surface area contributed by atoms with Crippen molar-refractivity contribution in [3.05, 3.63) is 63.7 Å². The molecule has 1 fully saturated rings. The van der Waals surface area contributed by atoms with Crippen LogP contribution in [0, 0.1) is 10.1 Å². The molecule has 11 heteroatoms. The Morgan fingerprint density at radius 1 is 1.14 bits per heavy atom. The second-order valence-corrected chi connectivity index (χ2v) is 8.26. The van der Waals surface area contributed by atoms with Crippen LogP contribution < -0.4 is 5.32 Å². The van der Waals surface area contributed by atoms with Crippen molar-refractivity contribution in [3.63, 3.8) is 0 Å². The number of benzene rings is 2. The predicted molar refractivity (Wildman–Crippen MR) is 101 cm³/mol. The quantitative estimate of drug-likeness (QED) is 0.538. The number of sulfonamides is 1. The van der Waals surface area contributed by atoms with Gasteiger partial charge in [-0.15, -0.1) is 0 Å². The molecule has 8 nitrogen and oxygen atoms in total. The molecule has 0 bridgehead atoms. The number of nitrogens with one attached hydrogen (secondary N) is 1. The Morgan fingerprint density at radius 3 is 2.38 bits per heavy atom. The van der Waals surface area contributed by atoms with E-state index in [9.17, 15) is 27.3 Å². The highest BCUT2D eigenvalue weighted by atomic mass is 32.2. The Labute approximate surface area is 166 Å². The molecule has 29 heavy (non-hydrogen) atoms. The Balaban J connectivity index is 1.88. The minimum Gasteiger partial charge on any atom is -0.380 e. The average Bonchev–Trinajstić information content (AvgIpc) is 2.73. The Kier molecular flexibility index (Phi) is 6.40. The normalized spacial score (nSPS) is 15.4. The van der Waals surface area contributed by atoms with Crippen molar-refractivity contribution in [2.75, 3.05) is 31.6 Å². The van der Waals surface area contributed by atoms with E-state index in [2.05, 4.69) is 5.32 Å². The lowest BCUT2D eigenvalue weighted by Gasteiger charge is -2.27. The number of hydrogen-bond donors (Lipinski definition) is 1. The van der Waals surface area contributed by atoms with Crippen LogP contribution >= 0.6 is 0 Å². The van der Waals surface area contributed by atoms with E-state index in [0.717, 1.165) is 6.07 Å². The first-order valence-electron chi connectivity index (χ1n) is 8.76. The van der Waals surface area contributed by atoms with Crippen LogP contribution in [-0.4, -0.2) is 43.9 Å². The highest BCUT2D eigenvalue weighted by molar-refractivity contribution is 7.89. The molecular formula is C18H19F2N3O5S. The summed E-state index contributed by atoms with van der Waals surface area (Å²) in [6.07, 6.45) is -2.57. The highest BCUT2D eigenvalue weighted by Crippen LogP contribution is 2.30. The maximum atomic E-state index is 13.0. The summed E-state index contributed by atoms with van der Waals surface area (Å²) in [6, 6.07) is 9.17. The predicted octanol–water partition coefficient (Wildman–Crippen LogP) is 3.17. The van der Waals surface area contributed by atoms with E-state index >= 15 is 0 Å². The molecule has 1 saturated heterocycles. The zero-order valence-electron chi connectivity index (χ0n) is 15.3. The van der Waals surface area contributed by atoms with E-state index in [1.165, 1.54) is 40.7 Å². The van der Waals surface area contributed by atoms with Gasteiger partial charge in [-0.3, -0.25) is 10.1 Å². The molecule has 0 aromatic heterocycles. The lowest BCUT2D eigenvalue weighted by atomic mass is 10.1. The zero-order valence-corrected chi connectivity index (χ0v) is 16.1. The van der Waals surface area contributed by atoms with Gasteiger partial charge in [-0.05, 0) is 11.6 Å². The number of nitrogens with zero attached hydrogens (tertiary/aromatic N) is 2. The third-order valence-corrected chi connectivity index (χ3v) is 6.42. The van der Waals surface area contributed by atoms with Crippen LogP contribution in [0.25, 0.3) is 0 Å². The number of halogens is 2. The molecule has 3 rings (SSSR count). The number of ether oxygens (including phenoxy) is 1. The smallest absolute Gasteiger partial charge is 0.270 e. The molecule has 0 atom stereocenters. The maximum Gasteiger partial charge on any atom is 0.270 e. The number of non-ortho nitro benzene ring substituents is 1. The topological polar surface area (TPSA) is 102 Å². The summed E-state index contributed by atoms with van der Waals surface area (Å²) in [5.41, 5.74) is 0.394. The Hall–Kier alpha value is -2.63. The van der Waals surface area contributed by atoms with Crippen LogP contribution in [0.5, 0.6) is 0 Å². The molecule has 1 aliphatic heterocycles. The van der Waals surface area contributed by atoms with Gasteiger partial charge in [0.2, 0.25) is 10.0 Å². The lowest BCUT2D eigenvalue weighted by Crippen LogP contribution is -2.40. The summed E-state index contributed by atoms with van der Waals surface area (Å²) in [6.45, 7) is 0.951. The fourth-order valence-electron chi connectivity index (χ4n) is 2.89.